The number of hydrogen-bond acceptors (Lipinski definition) is 5. The van der Waals surface area contributed by atoms with Gasteiger partial charge in [0.25, 0.3) is 10.0 Å². The molecule has 0 aromatic heterocycles. The van der Waals surface area contributed by atoms with Crippen LogP contribution in [0.3, 0.4) is 0 Å². The predicted molar refractivity (Wildman–Crippen MR) is 95.2 cm³/mol. The zero-order valence-electron chi connectivity index (χ0n) is 14.2. The molecule has 0 radical (unpaired) electrons. The first-order valence-electron chi connectivity index (χ1n) is 7.95. The molecule has 0 heterocycles. The van der Waals surface area contributed by atoms with Gasteiger partial charge in [0.05, 0.1) is 23.8 Å². The van der Waals surface area contributed by atoms with Crippen molar-refractivity contribution in [1.29, 1.82) is 0 Å². The molecule has 0 aliphatic carbocycles. The summed E-state index contributed by atoms with van der Waals surface area (Å²) >= 11 is 0. The molecule has 25 heavy (non-hydrogen) atoms. The standard InChI is InChI=1S/C18H21NO5S/c1-3-23-16-10-8-9-15(13-16)19(14-18(20)24-4-2)25(21,22)17-11-6-5-7-12-17/h5-13H,3-4,14H2,1-2H3. The average Bonchev–Trinajstić information content (AvgIpc) is 2.61. The summed E-state index contributed by atoms with van der Waals surface area (Å²) in [5.41, 5.74) is 0.336. The van der Waals surface area contributed by atoms with Gasteiger partial charge in [-0.25, -0.2) is 8.42 Å². The van der Waals surface area contributed by atoms with Crippen molar-refractivity contribution < 1.29 is 22.7 Å². The van der Waals surface area contributed by atoms with E-state index in [4.69, 9.17) is 9.47 Å². The summed E-state index contributed by atoms with van der Waals surface area (Å²) in [6, 6.07) is 14.6. The number of esters is 1. The molecule has 0 atom stereocenters. The fraction of sp³-hybridized carbons (Fsp3) is 0.278. The van der Waals surface area contributed by atoms with Crippen LogP contribution in [0.5, 0.6) is 5.75 Å². The molecule has 134 valence electrons. The second kappa shape index (κ2) is 8.53. The van der Waals surface area contributed by atoms with Crippen molar-refractivity contribution >= 4 is 21.7 Å². The van der Waals surface area contributed by atoms with E-state index >= 15 is 0 Å². The van der Waals surface area contributed by atoms with Crippen LogP contribution >= 0.6 is 0 Å². The molecule has 0 N–H and O–H groups in total. The molecule has 0 unspecified atom stereocenters. The molecule has 2 aromatic rings. The monoisotopic (exact) mass is 363 g/mol. The Bertz CT molecular complexity index is 805. The van der Waals surface area contributed by atoms with Crippen LogP contribution in [0.25, 0.3) is 0 Å². The van der Waals surface area contributed by atoms with Crippen LogP contribution in [0.2, 0.25) is 0 Å². The van der Waals surface area contributed by atoms with Crippen molar-refractivity contribution in [1.82, 2.24) is 0 Å². The zero-order valence-corrected chi connectivity index (χ0v) is 15.0. The molecule has 2 rings (SSSR count). The van der Waals surface area contributed by atoms with Crippen LogP contribution in [0.15, 0.2) is 59.5 Å². The Labute approximate surface area is 148 Å². The number of rotatable bonds is 8. The Hall–Kier alpha value is -2.54. The van der Waals surface area contributed by atoms with E-state index in [1.165, 1.54) is 12.1 Å². The maximum atomic E-state index is 13.0. The molecule has 0 aliphatic heterocycles. The summed E-state index contributed by atoms with van der Waals surface area (Å²) in [6.45, 7) is 3.72. The number of nitrogens with zero attached hydrogens (tertiary/aromatic N) is 1. The van der Waals surface area contributed by atoms with Gasteiger partial charge in [-0.15, -0.1) is 0 Å². The summed E-state index contributed by atoms with van der Waals surface area (Å²) in [6.07, 6.45) is 0. The van der Waals surface area contributed by atoms with Gasteiger partial charge in [-0.3, -0.25) is 9.10 Å². The Balaban J connectivity index is 2.46. The summed E-state index contributed by atoms with van der Waals surface area (Å²) in [7, 11) is -3.92. The van der Waals surface area contributed by atoms with E-state index in [-0.39, 0.29) is 11.5 Å². The Morgan fingerprint density at radius 2 is 1.72 bits per heavy atom. The molecule has 7 heteroatoms. The lowest BCUT2D eigenvalue weighted by Gasteiger charge is -2.24. The summed E-state index contributed by atoms with van der Waals surface area (Å²) in [4.78, 5) is 12.1. The quantitative estimate of drug-likeness (QED) is 0.674. The first kappa shape index (κ1) is 18.8. The Morgan fingerprint density at radius 3 is 2.36 bits per heavy atom. The van der Waals surface area contributed by atoms with E-state index in [1.807, 2.05) is 6.92 Å². The highest BCUT2D eigenvalue weighted by Gasteiger charge is 2.27. The normalized spacial score (nSPS) is 11.0. The molecule has 0 bridgehead atoms. The van der Waals surface area contributed by atoms with Gasteiger partial charge in [0, 0.05) is 6.07 Å². The Kier molecular flexibility index (Phi) is 6.41. The summed E-state index contributed by atoms with van der Waals surface area (Å²) in [5.74, 6) is -0.0964. The molecular formula is C18H21NO5S. The van der Waals surface area contributed by atoms with Gasteiger partial charge >= 0.3 is 5.97 Å². The molecule has 6 nitrogen and oxygen atoms in total. The summed E-state index contributed by atoms with van der Waals surface area (Å²) < 4.78 is 37.4. The smallest absolute Gasteiger partial charge is 0.326 e. The molecule has 0 aliphatic rings. The highest BCUT2D eigenvalue weighted by Crippen LogP contribution is 2.27. The van der Waals surface area contributed by atoms with Crippen LogP contribution < -0.4 is 9.04 Å². The topological polar surface area (TPSA) is 72.9 Å². The van der Waals surface area contributed by atoms with Gasteiger partial charge in [0.15, 0.2) is 0 Å². The van der Waals surface area contributed by atoms with E-state index in [0.29, 0.717) is 18.0 Å². The molecule has 0 fully saturated rings. The minimum atomic E-state index is -3.92. The van der Waals surface area contributed by atoms with E-state index in [0.717, 1.165) is 4.31 Å². The molecular weight excluding hydrogens is 342 g/mol. The number of carbonyl (C=O) groups is 1. The number of ether oxygens (including phenoxy) is 2. The van der Waals surface area contributed by atoms with E-state index in [2.05, 4.69) is 0 Å². The second-order valence-corrected chi connectivity index (χ2v) is 6.92. The number of sulfonamides is 1. The third-order valence-corrected chi connectivity index (χ3v) is 5.11. The number of carbonyl (C=O) groups excluding carboxylic acids is 1. The van der Waals surface area contributed by atoms with Crippen LogP contribution in [0.1, 0.15) is 13.8 Å². The molecule has 0 amide bonds. The fourth-order valence-electron chi connectivity index (χ4n) is 2.25. The highest BCUT2D eigenvalue weighted by atomic mass is 32.2. The SMILES string of the molecule is CCOC(=O)CN(c1cccc(OCC)c1)S(=O)(=O)c1ccccc1. The van der Waals surface area contributed by atoms with Gasteiger partial charge in [0.1, 0.15) is 12.3 Å². The Morgan fingerprint density at radius 1 is 1.00 bits per heavy atom. The van der Waals surface area contributed by atoms with E-state index in [1.54, 1.807) is 49.4 Å². The maximum Gasteiger partial charge on any atom is 0.326 e. The third kappa shape index (κ3) is 4.73. The van der Waals surface area contributed by atoms with E-state index in [9.17, 15) is 13.2 Å². The zero-order chi connectivity index (χ0) is 18.3. The van der Waals surface area contributed by atoms with Gasteiger partial charge in [-0.1, -0.05) is 24.3 Å². The first-order chi connectivity index (χ1) is 12.0. The molecule has 0 spiro atoms. The van der Waals surface area contributed by atoms with Gasteiger partial charge in [-0.05, 0) is 38.1 Å². The van der Waals surface area contributed by atoms with Gasteiger partial charge in [0.2, 0.25) is 0 Å². The van der Waals surface area contributed by atoms with Crippen LogP contribution in [0.4, 0.5) is 5.69 Å². The van der Waals surface area contributed by atoms with Crippen LogP contribution in [-0.4, -0.2) is 34.1 Å². The van der Waals surface area contributed by atoms with Crippen molar-refractivity contribution in [3.63, 3.8) is 0 Å². The largest absolute Gasteiger partial charge is 0.494 e. The van der Waals surface area contributed by atoms with Gasteiger partial charge in [-0.2, -0.15) is 0 Å². The number of hydrogen-bond donors (Lipinski definition) is 0. The third-order valence-electron chi connectivity index (χ3n) is 3.33. The van der Waals surface area contributed by atoms with E-state index < -0.39 is 22.5 Å². The minimum absolute atomic E-state index is 0.0983. The predicted octanol–water partition coefficient (Wildman–Crippen LogP) is 2.84. The lowest BCUT2D eigenvalue weighted by atomic mass is 10.3. The first-order valence-corrected chi connectivity index (χ1v) is 9.39. The van der Waals surface area contributed by atoms with Crippen molar-refractivity contribution in [2.75, 3.05) is 24.1 Å². The second-order valence-electron chi connectivity index (χ2n) is 5.06. The lowest BCUT2D eigenvalue weighted by molar-refractivity contribution is -0.141. The van der Waals surface area contributed by atoms with Crippen LogP contribution in [-0.2, 0) is 19.6 Å². The number of anilines is 1. The lowest BCUT2D eigenvalue weighted by Crippen LogP contribution is -2.36. The molecule has 0 saturated heterocycles. The van der Waals surface area contributed by atoms with Crippen molar-refractivity contribution in [2.24, 2.45) is 0 Å². The molecule has 2 aromatic carbocycles. The maximum absolute atomic E-state index is 13.0. The van der Waals surface area contributed by atoms with Crippen LogP contribution in [0, 0.1) is 0 Å². The average molecular weight is 363 g/mol. The minimum Gasteiger partial charge on any atom is -0.494 e. The van der Waals surface area contributed by atoms with Gasteiger partial charge < -0.3 is 9.47 Å². The van der Waals surface area contributed by atoms with Crippen molar-refractivity contribution in [3.8, 4) is 5.75 Å². The van der Waals surface area contributed by atoms with Crippen molar-refractivity contribution in [2.45, 2.75) is 18.7 Å². The molecule has 0 saturated carbocycles. The van der Waals surface area contributed by atoms with Crippen molar-refractivity contribution in [3.05, 3.63) is 54.6 Å². The number of benzene rings is 2. The summed E-state index contributed by atoms with van der Waals surface area (Å²) in [5, 5.41) is 0. The fourth-order valence-corrected chi connectivity index (χ4v) is 3.68. The highest BCUT2D eigenvalue weighted by molar-refractivity contribution is 7.92.